The highest BCUT2D eigenvalue weighted by Crippen LogP contribution is 2.24. The number of ether oxygens (including phenoxy) is 1. The Morgan fingerprint density at radius 3 is 2.55 bits per heavy atom. The molecule has 0 aliphatic heterocycles. The molecule has 3 aromatic rings. The topological polar surface area (TPSA) is 39.9 Å². The number of halogens is 1. The minimum absolute atomic E-state index is 0.298. The molecule has 0 spiro atoms. The molecule has 0 radical (unpaired) electrons. The first-order chi connectivity index (χ1) is 9.86. The van der Waals surface area contributed by atoms with Crippen LogP contribution in [0.15, 0.2) is 60.9 Å². The minimum Gasteiger partial charge on any atom is -0.423 e. The van der Waals surface area contributed by atoms with E-state index in [0.717, 1.165) is 11.3 Å². The molecule has 0 N–H and O–H groups in total. The summed E-state index contributed by atoms with van der Waals surface area (Å²) in [7, 11) is 0. The summed E-state index contributed by atoms with van der Waals surface area (Å²) in [5, 5.41) is 4.29. The van der Waals surface area contributed by atoms with E-state index >= 15 is 0 Å². The van der Waals surface area contributed by atoms with Gasteiger partial charge in [0.25, 0.3) is 0 Å². The third-order valence-corrected chi connectivity index (χ3v) is 3.10. The van der Waals surface area contributed by atoms with E-state index in [1.165, 1.54) is 0 Å². The molecule has 2 aromatic carbocycles. The highest BCUT2D eigenvalue weighted by Gasteiger charge is 2.07. The van der Waals surface area contributed by atoms with E-state index in [9.17, 15) is 0 Å². The van der Waals surface area contributed by atoms with E-state index in [0.29, 0.717) is 17.6 Å². The van der Waals surface area contributed by atoms with E-state index in [1.807, 2.05) is 54.6 Å². The molecule has 1 heterocycles. The van der Waals surface area contributed by atoms with Gasteiger partial charge >= 0.3 is 6.01 Å². The maximum absolute atomic E-state index is 5.87. The Morgan fingerprint density at radius 2 is 1.75 bits per heavy atom. The molecule has 20 heavy (non-hydrogen) atoms. The van der Waals surface area contributed by atoms with Crippen molar-refractivity contribution in [3.63, 3.8) is 0 Å². The van der Waals surface area contributed by atoms with Gasteiger partial charge in [-0.2, -0.15) is 4.98 Å². The fraction of sp³-hybridized carbons (Fsp3) is 0.0667. The summed E-state index contributed by atoms with van der Waals surface area (Å²) in [5.41, 5.74) is 1.84. The zero-order chi connectivity index (χ0) is 13.8. The lowest BCUT2D eigenvalue weighted by Crippen LogP contribution is -1.95. The van der Waals surface area contributed by atoms with E-state index in [1.54, 1.807) is 11.0 Å². The number of aromatic nitrogens is 3. The third kappa shape index (κ3) is 2.65. The van der Waals surface area contributed by atoms with Gasteiger partial charge in [0.05, 0.1) is 11.6 Å². The molecule has 3 rings (SSSR count). The zero-order valence-corrected chi connectivity index (χ0v) is 11.4. The fourth-order valence-electron chi connectivity index (χ4n) is 1.81. The molecule has 0 atom stereocenters. The van der Waals surface area contributed by atoms with E-state index in [-0.39, 0.29) is 0 Å². The number of alkyl halides is 1. The monoisotopic (exact) mass is 285 g/mol. The molecule has 4 nitrogen and oxygen atoms in total. The van der Waals surface area contributed by atoms with E-state index < -0.39 is 0 Å². The molecular formula is C15H12ClN3O. The lowest BCUT2D eigenvalue weighted by molar-refractivity contribution is 0.438. The van der Waals surface area contributed by atoms with Crippen LogP contribution in [0.3, 0.4) is 0 Å². The van der Waals surface area contributed by atoms with Crippen LogP contribution >= 0.6 is 11.6 Å². The molecule has 0 aliphatic rings. The normalized spacial score (nSPS) is 10.4. The van der Waals surface area contributed by atoms with Crippen molar-refractivity contribution in [3.05, 3.63) is 66.5 Å². The van der Waals surface area contributed by atoms with Gasteiger partial charge in [0, 0.05) is 5.56 Å². The smallest absolute Gasteiger partial charge is 0.341 e. The average molecular weight is 286 g/mol. The Kier molecular flexibility index (Phi) is 3.65. The number of nitrogens with zero attached hydrogens (tertiary/aromatic N) is 3. The van der Waals surface area contributed by atoms with Crippen molar-refractivity contribution in [2.24, 2.45) is 0 Å². The summed E-state index contributed by atoms with van der Waals surface area (Å²) in [6, 6.07) is 17.6. The van der Waals surface area contributed by atoms with Gasteiger partial charge in [-0.15, -0.1) is 16.7 Å². The summed E-state index contributed by atoms with van der Waals surface area (Å²) in [5.74, 6) is 1.06. The first-order valence-electron chi connectivity index (χ1n) is 6.15. The molecule has 5 heteroatoms. The van der Waals surface area contributed by atoms with Crippen LogP contribution in [0.4, 0.5) is 0 Å². The van der Waals surface area contributed by atoms with Gasteiger partial charge in [-0.25, -0.2) is 4.68 Å². The Morgan fingerprint density at radius 1 is 1.00 bits per heavy atom. The maximum Gasteiger partial charge on any atom is 0.341 e. The second kappa shape index (κ2) is 5.75. The molecule has 0 saturated heterocycles. The van der Waals surface area contributed by atoms with Crippen molar-refractivity contribution in [2.75, 3.05) is 0 Å². The van der Waals surface area contributed by atoms with Crippen molar-refractivity contribution in [3.8, 4) is 17.4 Å². The summed E-state index contributed by atoms with van der Waals surface area (Å²) in [6.07, 6.45) is 1.62. The second-order valence-electron chi connectivity index (χ2n) is 4.15. The lowest BCUT2D eigenvalue weighted by atomic mass is 10.2. The largest absolute Gasteiger partial charge is 0.423 e. The highest BCUT2D eigenvalue weighted by atomic mass is 35.5. The highest BCUT2D eigenvalue weighted by molar-refractivity contribution is 6.17. The van der Waals surface area contributed by atoms with Crippen molar-refractivity contribution in [2.45, 2.75) is 5.88 Å². The fourth-order valence-corrected chi connectivity index (χ4v) is 2.03. The number of rotatable bonds is 4. The van der Waals surface area contributed by atoms with E-state index in [2.05, 4.69) is 10.1 Å². The van der Waals surface area contributed by atoms with Gasteiger partial charge in [-0.1, -0.05) is 36.4 Å². The predicted molar refractivity (Wildman–Crippen MR) is 77.4 cm³/mol. The van der Waals surface area contributed by atoms with Crippen molar-refractivity contribution >= 4 is 11.6 Å². The van der Waals surface area contributed by atoms with Gasteiger partial charge in [-0.3, -0.25) is 0 Å². The van der Waals surface area contributed by atoms with Crippen LogP contribution in [0.2, 0.25) is 0 Å². The maximum atomic E-state index is 5.87. The van der Waals surface area contributed by atoms with Crippen LogP contribution in [-0.2, 0) is 5.88 Å². The SMILES string of the molecule is ClCc1ccccc1Oc1ncn(-c2ccccc2)n1. The summed E-state index contributed by atoms with van der Waals surface area (Å²) in [4.78, 5) is 4.15. The number of hydrogen-bond donors (Lipinski definition) is 0. The Bertz CT molecular complexity index is 697. The molecule has 0 bridgehead atoms. The lowest BCUT2D eigenvalue weighted by Gasteiger charge is -2.05. The predicted octanol–water partition coefficient (Wildman–Crippen LogP) is 3.80. The molecular weight excluding hydrogens is 274 g/mol. The van der Waals surface area contributed by atoms with Crippen LogP contribution < -0.4 is 4.74 Å². The molecule has 0 unspecified atom stereocenters. The first kappa shape index (κ1) is 12.7. The first-order valence-corrected chi connectivity index (χ1v) is 6.69. The van der Waals surface area contributed by atoms with Gasteiger partial charge in [0.2, 0.25) is 0 Å². The Hall–Kier alpha value is -2.33. The average Bonchev–Trinajstić information content (AvgIpc) is 2.97. The quantitative estimate of drug-likeness (QED) is 0.685. The molecule has 100 valence electrons. The van der Waals surface area contributed by atoms with Crippen molar-refractivity contribution in [1.82, 2.24) is 14.8 Å². The van der Waals surface area contributed by atoms with Crippen LogP contribution in [0.1, 0.15) is 5.56 Å². The number of para-hydroxylation sites is 2. The zero-order valence-electron chi connectivity index (χ0n) is 10.6. The van der Waals surface area contributed by atoms with Crippen LogP contribution in [-0.4, -0.2) is 14.8 Å². The molecule has 0 aliphatic carbocycles. The van der Waals surface area contributed by atoms with Gasteiger partial charge < -0.3 is 4.74 Å². The van der Waals surface area contributed by atoms with E-state index in [4.69, 9.17) is 16.3 Å². The Labute approximate surface area is 121 Å². The Balaban J connectivity index is 1.84. The van der Waals surface area contributed by atoms with Crippen LogP contribution in [0.25, 0.3) is 5.69 Å². The number of benzene rings is 2. The van der Waals surface area contributed by atoms with Crippen LogP contribution in [0.5, 0.6) is 11.8 Å². The third-order valence-electron chi connectivity index (χ3n) is 2.81. The summed E-state index contributed by atoms with van der Waals surface area (Å²) in [6.45, 7) is 0. The molecule has 1 aromatic heterocycles. The molecule has 0 saturated carbocycles. The standard InChI is InChI=1S/C15H12ClN3O/c16-10-12-6-4-5-9-14(12)20-15-17-11-19(18-15)13-7-2-1-3-8-13/h1-9,11H,10H2. The molecule has 0 fully saturated rings. The molecule has 0 amide bonds. The van der Waals surface area contributed by atoms with Gasteiger partial charge in [0.15, 0.2) is 0 Å². The van der Waals surface area contributed by atoms with Crippen molar-refractivity contribution in [1.29, 1.82) is 0 Å². The number of hydrogen-bond acceptors (Lipinski definition) is 3. The summed E-state index contributed by atoms with van der Waals surface area (Å²) < 4.78 is 7.34. The van der Waals surface area contributed by atoms with Gasteiger partial charge in [-0.05, 0) is 18.2 Å². The van der Waals surface area contributed by atoms with Crippen molar-refractivity contribution < 1.29 is 4.74 Å². The minimum atomic E-state index is 0.298. The summed E-state index contributed by atoms with van der Waals surface area (Å²) >= 11 is 5.87. The van der Waals surface area contributed by atoms with Crippen LogP contribution in [0, 0.1) is 0 Å². The second-order valence-corrected chi connectivity index (χ2v) is 4.42. The van der Waals surface area contributed by atoms with Gasteiger partial charge in [0.1, 0.15) is 12.1 Å².